The van der Waals surface area contributed by atoms with Crippen LogP contribution in [0.3, 0.4) is 0 Å². The Morgan fingerprint density at radius 1 is 1.33 bits per heavy atom. The quantitative estimate of drug-likeness (QED) is 0.625. The van der Waals surface area contributed by atoms with E-state index in [-0.39, 0.29) is 5.82 Å². The fourth-order valence-electron chi connectivity index (χ4n) is 1.91. The normalized spacial score (nSPS) is 10.6. The van der Waals surface area contributed by atoms with Gasteiger partial charge in [-0.3, -0.25) is 4.57 Å². The SMILES string of the molecule is CCOCc1ccc(CNc2c([N+](=O)[O-])ncn2C)cc1. The van der Waals surface area contributed by atoms with Crippen molar-refractivity contribution in [2.24, 2.45) is 7.05 Å². The molecule has 1 heterocycles. The molecule has 0 bridgehead atoms. The van der Waals surface area contributed by atoms with E-state index in [0.29, 0.717) is 25.6 Å². The van der Waals surface area contributed by atoms with Crippen molar-refractivity contribution in [1.29, 1.82) is 0 Å². The number of ether oxygens (including phenoxy) is 1. The third-order valence-corrected chi connectivity index (χ3v) is 3.05. The molecule has 0 unspecified atom stereocenters. The molecule has 2 aromatic rings. The van der Waals surface area contributed by atoms with Crippen molar-refractivity contribution in [2.45, 2.75) is 20.1 Å². The average Bonchev–Trinajstić information content (AvgIpc) is 2.85. The number of imidazole rings is 1. The number of rotatable bonds is 7. The Labute approximate surface area is 122 Å². The van der Waals surface area contributed by atoms with Gasteiger partial charge in [-0.25, -0.2) is 0 Å². The van der Waals surface area contributed by atoms with E-state index in [1.807, 2.05) is 31.2 Å². The molecule has 0 saturated heterocycles. The first-order chi connectivity index (χ1) is 10.1. The van der Waals surface area contributed by atoms with Crippen LogP contribution in [0.25, 0.3) is 0 Å². The maximum absolute atomic E-state index is 10.9. The Balaban J connectivity index is 2.00. The van der Waals surface area contributed by atoms with Crippen molar-refractivity contribution in [2.75, 3.05) is 11.9 Å². The molecule has 1 aromatic heterocycles. The zero-order valence-electron chi connectivity index (χ0n) is 12.1. The summed E-state index contributed by atoms with van der Waals surface area (Å²) in [4.78, 5) is 14.1. The van der Waals surface area contributed by atoms with Crippen LogP contribution in [0.4, 0.5) is 11.6 Å². The van der Waals surface area contributed by atoms with Gasteiger partial charge in [-0.15, -0.1) is 0 Å². The molecule has 0 atom stereocenters. The van der Waals surface area contributed by atoms with E-state index in [9.17, 15) is 10.1 Å². The van der Waals surface area contributed by atoms with Gasteiger partial charge >= 0.3 is 5.82 Å². The van der Waals surface area contributed by atoms with Gasteiger partial charge in [-0.05, 0) is 28.0 Å². The summed E-state index contributed by atoms with van der Waals surface area (Å²) in [6, 6.07) is 7.93. The number of hydrogen-bond donors (Lipinski definition) is 1. The van der Waals surface area contributed by atoms with Crippen LogP contribution in [-0.4, -0.2) is 21.1 Å². The molecule has 0 aliphatic rings. The summed E-state index contributed by atoms with van der Waals surface area (Å²) in [7, 11) is 1.72. The lowest BCUT2D eigenvalue weighted by Crippen LogP contribution is -2.06. The van der Waals surface area contributed by atoms with E-state index in [2.05, 4.69) is 10.3 Å². The van der Waals surface area contributed by atoms with Crippen molar-refractivity contribution >= 4 is 11.6 Å². The minimum absolute atomic E-state index is 0.162. The van der Waals surface area contributed by atoms with Crippen molar-refractivity contribution in [3.05, 3.63) is 51.8 Å². The number of aryl methyl sites for hydroxylation is 1. The minimum atomic E-state index is -0.493. The van der Waals surface area contributed by atoms with Crippen LogP contribution in [0.2, 0.25) is 0 Å². The van der Waals surface area contributed by atoms with E-state index in [0.717, 1.165) is 11.1 Å². The molecule has 0 amide bonds. The maximum atomic E-state index is 10.9. The Hall–Kier alpha value is -2.41. The van der Waals surface area contributed by atoms with Crippen LogP contribution in [0, 0.1) is 10.1 Å². The molecule has 21 heavy (non-hydrogen) atoms. The van der Waals surface area contributed by atoms with Crippen LogP contribution in [0.15, 0.2) is 30.6 Å². The summed E-state index contributed by atoms with van der Waals surface area (Å²) >= 11 is 0. The van der Waals surface area contributed by atoms with Crippen molar-refractivity contribution < 1.29 is 9.66 Å². The predicted molar refractivity (Wildman–Crippen MR) is 79.0 cm³/mol. The molecule has 0 aliphatic heterocycles. The lowest BCUT2D eigenvalue weighted by molar-refractivity contribution is -0.388. The number of hydrogen-bond acceptors (Lipinski definition) is 5. The number of nitrogens with one attached hydrogen (secondary N) is 1. The monoisotopic (exact) mass is 290 g/mol. The summed E-state index contributed by atoms with van der Waals surface area (Å²) in [5.74, 6) is 0.240. The van der Waals surface area contributed by atoms with Gasteiger partial charge in [0, 0.05) is 20.2 Å². The molecule has 0 spiro atoms. The average molecular weight is 290 g/mol. The fraction of sp³-hybridized carbons (Fsp3) is 0.357. The van der Waals surface area contributed by atoms with Gasteiger partial charge in [0.15, 0.2) is 0 Å². The molecule has 0 aliphatic carbocycles. The van der Waals surface area contributed by atoms with Crippen LogP contribution < -0.4 is 5.32 Å². The number of nitrogens with zero attached hydrogens (tertiary/aromatic N) is 3. The number of aromatic nitrogens is 2. The molecule has 0 radical (unpaired) electrons. The molecule has 0 fully saturated rings. The third-order valence-electron chi connectivity index (χ3n) is 3.05. The Morgan fingerprint density at radius 2 is 2.00 bits per heavy atom. The van der Waals surface area contributed by atoms with E-state index in [1.54, 1.807) is 11.6 Å². The molecular formula is C14H18N4O3. The number of benzene rings is 1. The van der Waals surface area contributed by atoms with E-state index in [1.165, 1.54) is 6.33 Å². The predicted octanol–water partition coefficient (Wildman–Crippen LogP) is 2.48. The van der Waals surface area contributed by atoms with Crippen LogP contribution in [0.1, 0.15) is 18.1 Å². The van der Waals surface area contributed by atoms with Gasteiger partial charge in [0.05, 0.1) is 6.61 Å². The second-order valence-electron chi connectivity index (χ2n) is 4.59. The summed E-state index contributed by atoms with van der Waals surface area (Å²) in [5, 5.41) is 13.9. The first-order valence-electron chi connectivity index (χ1n) is 6.67. The first kappa shape index (κ1) is 15.0. The lowest BCUT2D eigenvalue weighted by Gasteiger charge is -2.07. The topological polar surface area (TPSA) is 82.2 Å². The summed E-state index contributed by atoms with van der Waals surface area (Å²) < 4.78 is 6.93. The Bertz CT molecular complexity index is 607. The minimum Gasteiger partial charge on any atom is -0.377 e. The zero-order chi connectivity index (χ0) is 15.2. The molecule has 0 saturated carbocycles. The zero-order valence-corrected chi connectivity index (χ0v) is 12.1. The molecule has 1 N–H and O–H groups in total. The van der Waals surface area contributed by atoms with Crippen LogP contribution >= 0.6 is 0 Å². The molecule has 2 rings (SSSR count). The highest BCUT2D eigenvalue weighted by molar-refractivity contribution is 5.52. The van der Waals surface area contributed by atoms with Crippen LogP contribution in [-0.2, 0) is 24.9 Å². The smallest absolute Gasteiger partial charge is 0.377 e. The van der Waals surface area contributed by atoms with Gasteiger partial charge in [-0.1, -0.05) is 24.3 Å². The van der Waals surface area contributed by atoms with E-state index < -0.39 is 4.92 Å². The largest absolute Gasteiger partial charge is 0.406 e. The molecular weight excluding hydrogens is 272 g/mol. The van der Waals surface area contributed by atoms with Gasteiger partial charge in [0.25, 0.3) is 0 Å². The Morgan fingerprint density at radius 3 is 2.62 bits per heavy atom. The number of nitro groups is 1. The van der Waals surface area contributed by atoms with Crippen molar-refractivity contribution in [3.8, 4) is 0 Å². The van der Waals surface area contributed by atoms with Gasteiger partial charge < -0.3 is 20.2 Å². The highest BCUT2D eigenvalue weighted by Gasteiger charge is 2.19. The highest BCUT2D eigenvalue weighted by Crippen LogP contribution is 2.21. The number of anilines is 1. The van der Waals surface area contributed by atoms with Crippen molar-refractivity contribution in [3.63, 3.8) is 0 Å². The second kappa shape index (κ2) is 6.85. The molecule has 7 nitrogen and oxygen atoms in total. The second-order valence-corrected chi connectivity index (χ2v) is 4.59. The highest BCUT2D eigenvalue weighted by atomic mass is 16.6. The van der Waals surface area contributed by atoms with E-state index >= 15 is 0 Å². The van der Waals surface area contributed by atoms with Gasteiger partial charge in [-0.2, -0.15) is 0 Å². The van der Waals surface area contributed by atoms with Crippen molar-refractivity contribution in [1.82, 2.24) is 9.55 Å². The molecule has 1 aromatic carbocycles. The Kier molecular flexibility index (Phi) is 4.89. The standard InChI is InChI=1S/C14H18N4O3/c1-3-21-9-12-6-4-11(5-7-12)8-15-13-14(18(19)20)16-10-17(13)2/h4-7,10,15H,3,8-9H2,1-2H3. The summed E-state index contributed by atoms with van der Waals surface area (Å²) in [5.41, 5.74) is 2.14. The fourth-order valence-corrected chi connectivity index (χ4v) is 1.91. The van der Waals surface area contributed by atoms with Gasteiger partial charge in [0.2, 0.25) is 12.1 Å². The van der Waals surface area contributed by atoms with Crippen LogP contribution in [0.5, 0.6) is 0 Å². The molecule has 112 valence electrons. The van der Waals surface area contributed by atoms with Gasteiger partial charge in [0.1, 0.15) is 0 Å². The third kappa shape index (κ3) is 3.79. The first-order valence-corrected chi connectivity index (χ1v) is 6.67. The summed E-state index contributed by atoms with van der Waals surface area (Å²) in [6.07, 6.45) is 1.42. The van der Waals surface area contributed by atoms with E-state index in [4.69, 9.17) is 4.74 Å². The lowest BCUT2D eigenvalue weighted by atomic mass is 10.1. The summed E-state index contributed by atoms with van der Waals surface area (Å²) in [6.45, 7) is 3.74. The maximum Gasteiger partial charge on any atom is 0.406 e. The molecule has 7 heteroatoms.